The van der Waals surface area contributed by atoms with Crippen LogP contribution in [0.15, 0.2) is 29.0 Å². The molecule has 0 atom stereocenters. The first kappa shape index (κ1) is 11.3. The number of rotatable bonds is 6. The fraction of sp³-hybridized carbons (Fsp3) is 0.300. The zero-order chi connectivity index (χ0) is 11.2. The van der Waals surface area contributed by atoms with Gasteiger partial charge in [-0.05, 0) is 17.9 Å². The number of aromatic amines is 1. The number of aromatic nitrogens is 3. The van der Waals surface area contributed by atoms with E-state index < -0.39 is 0 Å². The van der Waals surface area contributed by atoms with E-state index in [-0.39, 0.29) is 5.78 Å². The lowest BCUT2D eigenvalue weighted by Gasteiger charge is -1.97. The summed E-state index contributed by atoms with van der Waals surface area (Å²) in [5.41, 5.74) is 0. The molecule has 0 aromatic carbocycles. The molecule has 4 nitrogen and oxygen atoms in total. The molecule has 2 rings (SSSR count). The fourth-order valence-corrected chi connectivity index (χ4v) is 2.64. The molecule has 0 radical (unpaired) electrons. The van der Waals surface area contributed by atoms with Gasteiger partial charge in [0, 0.05) is 12.2 Å². The Bertz CT molecular complexity index is 425. The maximum atomic E-state index is 11.6. The highest BCUT2D eigenvalue weighted by Crippen LogP contribution is 2.16. The van der Waals surface area contributed by atoms with Crippen LogP contribution < -0.4 is 0 Å². The van der Waals surface area contributed by atoms with Gasteiger partial charge in [-0.3, -0.25) is 9.89 Å². The van der Waals surface area contributed by atoms with Crippen LogP contribution in [-0.4, -0.2) is 26.7 Å². The third-order valence-corrected chi connectivity index (χ3v) is 3.85. The summed E-state index contributed by atoms with van der Waals surface area (Å²) in [5, 5.41) is 9.26. The summed E-state index contributed by atoms with van der Waals surface area (Å²) >= 11 is 3.09. The lowest BCUT2D eigenvalue weighted by Crippen LogP contribution is -1.96. The number of thioether (sulfide) groups is 1. The zero-order valence-corrected chi connectivity index (χ0v) is 10.2. The molecule has 0 fully saturated rings. The molecule has 6 heteroatoms. The lowest BCUT2D eigenvalue weighted by molar-refractivity contribution is 0.0986. The van der Waals surface area contributed by atoms with Gasteiger partial charge in [0.2, 0.25) is 0 Å². The van der Waals surface area contributed by atoms with E-state index in [1.54, 1.807) is 11.8 Å². The summed E-state index contributed by atoms with van der Waals surface area (Å²) in [6.07, 6.45) is 2.95. The number of nitrogens with zero attached hydrogens (tertiary/aromatic N) is 2. The lowest BCUT2D eigenvalue weighted by atomic mass is 10.2. The minimum Gasteiger partial charge on any atom is -0.293 e. The molecule has 2 aromatic rings. The maximum Gasteiger partial charge on any atom is 0.183 e. The molecule has 0 aliphatic heterocycles. The second kappa shape index (κ2) is 5.81. The average Bonchev–Trinajstić information content (AvgIpc) is 2.96. The molecular formula is C10H11N3OS2. The van der Waals surface area contributed by atoms with E-state index in [0.29, 0.717) is 6.42 Å². The van der Waals surface area contributed by atoms with Crippen molar-refractivity contribution in [2.24, 2.45) is 0 Å². The Hall–Kier alpha value is -1.14. The van der Waals surface area contributed by atoms with Crippen molar-refractivity contribution < 1.29 is 4.79 Å². The molecule has 2 aromatic heterocycles. The summed E-state index contributed by atoms with van der Waals surface area (Å²) in [6, 6.07) is 3.78. The van der Waals surface area contributed by atoms with Gasteiger partial charge in [0.05, 0.1) is 4.88 Å². The molecule has 0 aliphatic carbocycles. The Kier molecular flexibility index (Phi) is 4.12. The second-order valence-corrected chi connectivity index (χ2v) is 5.17. The average molecular weight is 253 g/mol. The smallest absolute Gasteiger partial charge is 0.183 e. The third kappa shape index (κ3) is 3.18. The number of thiophene rings is 1. The normalized spacial score (nSPS) is 10.5. The van der Waals surface area contributed by atoms with Gasteiger partial charge >= 0.3 is 0 Å². The second-order valence-electron chi connectivity index (χ2n) is 3.14. The molecule has 0 saturated carbocycles. The zero-order valence-electron chi connectivity index (χ0n) is 8.55. The van der Waals surface area contributed by atoms with Gasteiger partial charge in [0.25, 0.3) is 0 Å². The predicted octanol–water partition coefficient (Wildman–Crippen LogP) is 2.62. The first-order valence-corrected chi connectivity index (χ1v) is 6.77. The van der Waals surface area contributed by atoms with Crippen LogP contribution in [-0.2, 0) is 0 Å². The van der Waals surface area contributed by atoms with Crippen molar-refractivity contribution in [3.05, 3.63) is 28.7 Å². The number of hydrogen-bond acceptors (Lipinski definition) is 5. The Balaban J connectivity index is 1.67. The first-order valence-electron chi connectivity index (χ1n) is 4.91. The van der Waals surface area contributed by atoms with Crippen molar-refractivity contribution in [1.82, 2.24) is 15.2 Å². The van der Waals surface area contributed by atoms with Crippen LogP contribution in [0.3, 0.4) is 0 Å². The number of hydrogen-bond donors (Lipinski definition) is 1. The monoisotopic (exact) mass is 253 g/mol. The maximum absolute atomic E-state index is 11.6. The van der Waals surface area contributed by atoms with Gasteiger partial charge in [0.15, 0.2) is 10.9 Å². The van der Waals surface area contributed by atoms with Crippen LogP contribution in [0.5, 0.6) is 0 Å². The van der Waals surface area contributed by atoms with Crippen LogP contribution in [0.2, 0.25) is 0 Å². The third-order valence-electron chi connectivity index (χ3n) is 1.98. The van der Waals surface area contributed by atoms with Crippen LogP contribution >= 0.6 is 23.1 Å². The summed E-state index contributed by atoms with van der Waals surface area (Å²) in [7, 11) is 0. The van der Waals surface area contributed by atoms with E-state index in [0.717, 1.165) is 22.2 Å². The van der Waals surface area contributed by atoms with E-state index in [1.165, 1.54) is 17.7 Å². The minimum atomic E-state index is 0.230. The number of nitrogens with one attached hydrogen (secondary N) is 1. The molecule has 2 heterocycles. The summed E-state index contributed by atoms with van der Waals surface area (Å²) in [5.74, 6) is 1.11. The van der Waals surface area contributed by atoms with Crippen LogP contribution in [0, 0.1) is 0 Å². The molecule has 0 spiro atoms. The highest BCUT2D eigenvalue weighted by molar-refractivity contribution is 7.99. The highest BCUT2D eigenvalue weighted by Gasteiger charge is 2.06. The van der Waals surface area contributed by atoms with Crippen LogP contribution in [0.4, 0.5) is 0 Å². The quantitative estimate of drug-likeness (QED) is 0.488. The van der Waals surface area contributed by atoms with Crippen molar-refractivity contribution in [1.29, 1.82) is 0 Å². The number of carbonyl (C=O) groups excluding carboxylic acids is 1. The topological polar surface area (TPSA) is 58.6 Å². The molecular weight excluding hydrogens is 242 g/mol. The van der Waals surface area contributed by atoms with Crippen LogP contribution in [0.1, 0.15) is 22.5 Å². The highest BCUT2D eigenvalue weighted by atomic mass is 32.2. The Morgan fingerprint density at radius 2 is 2.50 bits per heavy atom. The van der Waals surface area contributed by atoms with Gasteiger partial charge in [-0.1, -0.05) is 17.8 Å². The standard InChI is InChI=1S/C10H11N3OS2/c14-8(9-4-2-5-15-9)3-1-6-16-10-11-7-12-13-10/h2,4-5,7H,1,3,6H2,(H,11,12,13). The van der Waals surface area contributed by atoms with E-state index in [2.05, 4.69) is 15.2 Å². The van der Waals surface area contributed by atoms with Gasteiger partial charge < -0.3 is 0 Å². The van der Waals surface area contributed by atoms with Crippen molar-refractivity contribution in [3.63, 3.8) is 0 Å². The van der Waals surface area contributed by atoms with Gasteiger partial charge in [-0.25, -0.2) is 4.98 Å². The summed E-state index contributed by atoms with van der Waals surface area (Å²) in [6.45, 7) is 0. The molecule has 84 valence electrons. The van der Waals surface area contributed by atoms with E-state index in [9.17, 15) is 4.79 Å². The number of carbonyl (C=O) groups is 1. The first-order chi connectivity index (χ1) is 7.86. The Labute approximate surface area is 101 Å². The molecule has 0 saturated heterocycles. The summed E-state index contributed by atoms with van der Waals surface area (Å²) < 4.78 is 0. The van der Waals surface area contributed by atoms with Gasteiger partial charge in [-0.15, -0.1) is 11.3 Å². The van der Waals surface area contributed by atoms with Crippen molar-refractivity contribution in [3.8, 4) is 0 Å². The number of H-pyrrole nitrogens is 1. The number of Topliss-reactive ketones (excluding diaryl/α,β-unsaturated/α-hetero) is 1. The van der Waals surface area contributed by atoms with E-state index in [4.69, 9.17) is 0 Å². The number of ketones is 1. The largest absolute Gasteiger partial charge is 0.293 e. The molecule has 0 bridgehead atoms. The predicted molar refractivity (Wildman–Crippen MR) is 65.0 cm³/mol. The molecule has 0 unspecified atom stereocenters. The van der Waals surface area contributed by atoms with E-state index >= 15 is 0 Å². The molecule has 1 N–H and O–H groups in total. The van der Waals surface area contributed by atoms with Gasteiger partial charge in [0.1, 0.15) is 6.33 Å². The van der Waals surface area contributed by atoms with Gasteiger partial charge in [-0.2, -0.15) is 5.10 Å². The Morgan fingerprint density at radius 1 is 1.56 bits per heavy atom. The minimum absolute atomic E-state index is 0.230. The molecule has 0 amide bonds. The SMILES string of the molecule is O=C(CCCSc1ncn[nH]1)c1cccs1. The van der Waals surface area contributed by atoms with Crippen molar-refractivity contribution in [2.45, 2.75) is 18.0 Å². The molecule has 0 aliphatic rings. The fourth-order valence-electron chi connectivity index (χ4n) is 1.23. The van der Waals surface area contributed by atoms with E-state index in [1.807, 2.05) is 17.5 Å². The Morgan fingerprint density at radius 3 is 3.19 bits per heavy atom. The van der Waals surface area contributed by atoms with Crippen LogP contribution in [0.25, 0.3) is 0 Å². The molecule has 16 heavy (non-hydrogen) atoms. The van der Waals surface area contributed by atoms with Crippen molar-refractivity contribution >= 4 is 28.9 Å². The van der Waals surface area contributed by atoms with Crippen molar-refractivity contribution in [2.75, 3.05) is 5.75 Å². The summed E-state index contributed by atoms with van der Waals surface area (Å²) in [4.78, 5) is 16.5.